The van der Waals surface area contributed by atoms with Crippen molar-refractivity contribution in [1.82, 2.24) is 14.7 Å². The molecule has 2 aromatic heterocycles. The van der Waals surface area contributed by atoms with Crippen molar-refractivity contribution in [3.05, 3.63) is 27.8 Å². The van der Waals surface area contributed by atoms with Crippen LogP contribution in [0.15, 0.2) is 10.9 Å². The lowest BCUT2D eigenvalue weighted by Crippen LogP contribution is -2.28. The SMILES string of the molecule is CCNC(=O)c1c(OC)sc2nc(CCl)cc(=O)n12. The van der Waals surface area contributed by atoms with Crippen molar-refractivity contribution >= 4 is 33.8 Å². The Kier molecular flexibility index (Phi) is 4.06. The second-order valence-electron chi connectivity index (χ2n) is 3.64. The van der Waals surface area contributed by atoms with Gasteiger partial charge in [0.25, 0.3) is 11.5 Å². The number of carbonyl (C=O) groups is 1. The zero-order valence-electron chi connectivity index (χ0n) is 10.4. The first-order chi connectivity index (χ1) is 9.12. The van der Waals surface area contributed by atoms with Crippen LogP contribution < -0.4 is 15.6 Å². The minimum atomic E-state index is -0.367. The molecular formula is C11H12ClN3O3S. The number of rotatable bonds is 4. The lowest BCUT2D eigenvalue weighted by Gasteiger charge is -2.04. The molecule has 0 fully saturated rings. The van der Waals surface area contributed by atoms with Crippen LogP contribution in [-0.4, -0.2) is 28.9 Å². The fourth-order valence-corrected chi connectivity index (χ4v) is 2.75. The molecule has 6 nitrogen and oxygen atoms in total. The quantitative estimate of drug-likeness (QED) is 0.863. The van der Waals surface area contributed by atoms with E-state index in [-0.39, 0.29) is 23.0 Å². The van der Waals surface area contributed by atoms with Gasteiger partial charge in [-0.2, -0.15) is 0 Å². The van der Waals surface area contributed by atoms with E-state index in [4.69, 9.17) is 16.3 Å². The Hall–Kier alpha value is -1.60. The lowest BCUT2D eigenvalue weighted by molar-refractivity contribution is 0.0947. The van der Waals surface area contributed by atoms with E-state index in [1.165, 1.54) is 17.6 Å². The first-order valence-corrected chi connectivity index (χ1v) is 6.91. The van der Waals surface area contributed by atoms with Gasteiger partial charge >= 0.3 is 0 Å². The summed E-state index contributed by atoms with van der Waals surface area (Å²) in [7, 11) is 1.45. The summed E-state index contributed by atoms with van der Waals surface area (Å²) in [5.41, 5.74) is 0.294. The molecule has 0 aliphatic carbocycles. The van der Waals surface area contributed by atoms with Gasteiger partial charge in [-0.1, -0.05) is 11.3 Å². The normalized spacial score (nSPS) is 10.7. The van der Waals surface area contributed by atoms with Crippen molar-refractivity contribution in [3.63, 3.8) is 0 Å². The van der Waals surface area contributed by atoms with Crippen LogP contribution >= 0.6 is 22.9 Å². The van der Waals surface area contributed by atoms with Gasteiger partial charge in [-0.3, -0.25) is 9.59 Å². The third-order valence-corrected chi connectivity index (χ3v) is 3.69. The summed E-state index contributed by atoms with van der Waals surface area (Å²) in [5, 5.41) is 2.99. The summed E-state index contributed by atoms with van der Waals surface area (Å²) in [6, 6.07) is 1.31. The molecule has 1 N–H and O–H groups in total. The van der Waals surface area contributed by atoms with Crippen molar-refractivity contribution in [2.45, 2.75) is 12.8 Å². The van der Waals surface area contributed by atoms with Crippen LogP contribution in [0.5, 0.6) is 5.06 Å². The zero-order valence-corrected chi connectivity index (χ0v) is 12.0. The molecule has 0 aliphatic heterocycles. The van der Waals surface area contributed by atoms with Crippen molar-refractivity contribution < 1.29 is 9.53 Å². The topological polar surface area (TPSA) is 72.7 Å². The average molecular weight is 302 g/mol. The number of halogens is 1. The minimum Gasteiger partial charge on any atom is -0.485 e. The standard InChI is InChI=1S/C11H12ClN3O3S/c1-3-13-9(17)8-10(18-2)19-11-14-6(5-12)4-7(16)15(8)11/h4H,3,5H2,1-2H3,(H,13,17). The van der Waals surface area contributed by atoms with Crippen LogP contribution in [0.4, 0.5) is 0 Å². The fourth-order valence-electron chi connectivity index (χ4n) is 1.65. The van der Waals surface area contributed by atoms with E-state index in [1.807, 2.05) is 0 Å². The molecule has 0 aromatic carbocycles. The number of hydrogen-bond acceptors (Lipinski definition) is 5. The number of nitrogens with one attached hydrogen (secondary N) is 1. The molecule has 0 saturated heterocycles. The van der Waals surface area contributed by atoms with Crippen molar-refractivity contribution in [3.8, 4) is 5.06 Å². The van der Waals surface area contributed by atoms with Gasteiger partial charge in [0.15, 0.2) is 5.69 Å². The Morgan fingerprint density at radius 2 is 2.37 bits per heavy atom. The molecule has 0 atom stereocenters. The highest BCUT2D eigenvalue weighted by Gasteiger charge is 2.21. The maximum Gasteiger partial charge on any atom is 0.273 e. The summed E-state index contributed by atoms with van der Waals surface area (Å²) in [5.74, 6) is -0.226. The molecule has 19 heavy (non-hydrogen) atoms. The van der Waals surface area contributed by atoms with Gasteiger partial charge in [-0.15, -0.1) is 11.6 Å². The summed E-state index contributed by atoms with van der Waals surface area (Å²) < 4.78 is 6.39. The second-order valence-corrected chi connectivity index (χ2v) is 4.85. The minimum absolute atomic E-state index is 0.141. The van der Waals surface area contributed by atoms with Crippen molar-refractivity contribution in [2.24, 2.45) is 0 Å². The average Bonchev–Trinajstić information content (AvgIpc) is 2.77. The number of alkyl halides is 1. The Bertz CT molecular complexity index is 680. The third-order valence-electron chi connectivity index (χ3n) is 2.42. The van der Waals surface area contributed by atoms with Gasteiger partial charge in [-0.05, 0) is 6.92 Å². The molecule has 0 saturated carbocycles. The van der Waals surface area contributed by atoms with Crippen LogP contribution in [0.1, 0.15) is 23.1 Å². The molecule has 1 amide bonds. The Morgan fingerprint density at radius 1 is 1.63 bits per heavy atom. The number of carbonyl (C=O) groups excluding carboxylic acids is 1. The van der Waals surface area contributed by atoms with Crippen LogP contribution in [0.2, 0.25) is 0 Å². The number of hydrogen-bond donors (Lipinski definition) is 1. The zero-order chi connectivity index (χ0) is 14.0. The molecule has 0 unspecified atom stereocenters. The van der Waals surface area contributed by atoms with Crippen LogP contribution in [0, 0.1) is 0 Å². The van der Waals surface area contributed by atoms with E-state index in [0.29, 0.717) is 22.3 Å². The highest BCUT2D eigenvalue weighted by molar-refractivity contribution is 7.19. The summed E-state index contributed by atoms with van der Waals surface area (Å²) in [6.07, 6.45) is 0. The summed E-state index contributed by atoms with van der Waals surface area (Å²) >= 11 is 6.81. The number of thiazole rings is 1. The molecule has 8 heteroatoms. The van der Waals surface area contributed by atoms with E-state index < -0.39 is 0 Å². The number of amides is 1. The number of methoxy groups -OCH3 is 1. The van der Waals surface area contributed by atoms with Gasteiger partial charge in [0.05, 0.1) is 18.7 Å². The first-order valence-electron chi connectivity index (χ1n) is 5.56. The first kappa shape index (κ1) is 13.8. The third kappa shape index (κ3) is 2.43. The molecule has 0 aliphatic rings. The molecule has 102 valence electrons. The van der Waals surface area contributed by atoms with Gasteiger partial charge in [0.2, 0.25) is 10.0 Å². The Morgan fingerprint density at radius 3 is 2.95 bits per heavy atom. The van der Waals surface area contributed by atoms with E-state index in [9.17, 15) is 9.59 Å². The van der Waals surface area contributed by atoms with Crippen molar-refractivity contribution in [1.29, 1.82) is 0 Å². The highest BCUT2D eigenvalue weighted by Crippen LogP contribution is 2.28. The second kappa shape index (κ2) is 5.58. The van der Waals surface area contributed by atoms with Gasteiger partial charge in [-0.25, -0.2) is 9.38 Å². The van der Waals surface area contributed by atoms with Crippen molar-refractivity contribution in [2.75, 3.05) is 13.7 Å². The molecule has 2 heterocycles. The maximum absolute atomic E-state index is 12.1. The smallest absolute Gasteiger partial charge is 0.273 e. The van der Waals surface area contributed by atoms with Gasteiger partial charge in [0, 0.05) is 12.6 Å². The van der Waals surface area contributed by atoms with Crippen LogP contribution in [0.25, 0.3) is 4.96 Å². The number of aromatic nitrogens is 2. The monoisotopic (exact) mass is 301 g/mol. The number of fused-ring (bicyclic) bond motifs is 1. The largest absolute Gasteiger partial charge is 0.485 e. The van der Waals surface area contributed by atoms with Crippen LogP contribution in [-0.2, 0) is 5.88 Å². The van der Waals surface area contributed by atoms with E-state index >= 15 is 0 Å². The molecule has 2 rings (SSSR count). The van der Waals surface area contributed by atoms with E-state index in [0.717, 1.165) is 11.3 Å². The van der Waals surface area contributed by atoms with Gasteiger partial charge < -0.3 is 10.1 Å². The Labute approximate surface area is 118 Å². The molecular weight excluding hydrogens is 290 g/mol. The number of nitrogens with zero attached hydrogens (tertiary/aromatic N) is 2. The molecule has 0 spiro atoms. The van der Waals surface area contributed by atoms with Crippen LogP contribution in [0.3, 0.4) is 0 Å². The summed E-state index contributed by atoms with van der Waals surface area (Å²) in [6.45, 7) is 2.26. The fraction of sp³-hybridized carbons (Fsp3) is 0.364. The Balaban J connectivity index is 2.74. The predicted molar refractivity (Wildman–Crippen MR) is 73.5 cm³/mol. The molecule has 2 aromatic rings. The predicted octanol–water partition coefficient (Wildman–Crippen LogP) is 1.25. The molecule has 0 bridgehead atoms. The highest BCUT2D eigenvalue weighted by atomic mass is 35.5. The maximum atomic E-state index is 12.1. The number of ether oxygens (including phenoxy) is 1. The van der Waals surface area contributed by atoms with E-state index in [2.05, 4.69) is 10.3 Å². The van der Waals surface area contributed by atoms with E-state index in [1.54, 1.807) is 6.92 Å². The van der Waals surface area contributed by atoms with Gasteiger partial charge in [0.1, 0.15) is 0 Å². The summed E-state index contributed by atoms with van der Waals surface area (Å²) in [4.78, 5) is 28.7. The lowest BCUT2D eigenvalue weighted by atomic mass is 10.4. The molecule has 0 radical (unpaired) electrons.